The molecule has 0 aromatic heterocycles. The highest BCUT2D eigenvalue weighted by atomic mass is 35.5. The first-order chi connectivity index (χ1) is 8.73. The van der Waals surface area contributed by atoms with Gasteiger partial charge in [0, 0.05) is 16.1 Å². The van der Waals surface area contributed by atoms with E-state index in [0.29, 0.717) is 16.4 Å². The van der Waals surface area contributed by atoms with Crippen LogP contribution in [0.5, 0.6) is 0 Å². The Morgan fingerprint density at radius 3 is 2.32 bits per heavy atom. The second-order valence-electron chi connectivity index (χ2n) is 6.61. The number of halogens is 2. The standard InChI is InChI=1S/C16H25Cl2N/c1-11(10-16(2,3)4)8-15(19-5)13-7-6-12(17)9-14(13)18/h6-7,9,11,15,19H,8,10H2,1-5H3. The summed E-state index contributed by atoms with van der Waals surface area (Å²) < 4.78 is 0. The van der Waals surface area contributed by atoms with Crippen LogP contribution >= 0.6 is 23.2 Å². The molecule has 2 atom stereocenters. The third kappa shape index (κ3) is 5.72. The highest BCUT2D eigenvalue weighted by Crippen LogP contribution is 2.33. The van der Waals surface area contributed by atoms with Crippen LogP contribution in [-0.2, 0) is 0 Å². The minimum atomic E-state index is 0.280. The van der Waals surface area contributed by atoms with E-state index in [9.17, 15) is 0 Å². The minimum Gasteiger partial charge on any atom is -0.313 e. The Bertz CT molecular complexity index is 410. The fraction of sp³-hybridized carbons (Fsp3) is 0.625. The molecule has 0 bridgehead atoms. The topological polar surface area (TPSA) is 12.0 Å². The van der Waals surface area contributed by atoms with Crippen molar-refractivity contribution in [3.8, 4) is 0 Å². The Morgan fingerprint density at radius 1 is 1.21 bits per heavy atom. The summed E-state index contributed by atoms with van der Waals surface area (Å²) in [5.74, 6) is 0.643. The number of rotatable bonds is 5. The van der Waals surface area contributed by atoms with E-state index in [4.69, 9.17) is 23.2 Å². The summed E-state index contributed by atoms with van der Waals surface area (Å²) in [6.07, 6.45) is 2.28. The number of hydrogen-bond acceptors (Lipinski definition) is 1. The fourth-order valence-electron chi connectivity index (χ4n) is 2.72. The van der Waals surface area contributed by atoms with Crippen molar-refractivity contribution in [2.75, 3.05) is 7.05 Å². The second-order valence-corrected chi connectivity index (χ2v) is 7.46. The molecule has 1 rings (SSSR count). The SMILES string of the molecule is CNC(CC(C)CC(C)(C)C)c1ccc(Cl)cc1Cl. The molecule has 0 saturated heterocycles. The number of benzene rings is 1. The largest absolute Gasteiger partial charge is 0.313 e. The Balaban J connectivity index is 2.78. The first kappa shape index (κ1) is 16.8. The highest BCUT2D eigenvalue weighted by molar-refractivity contribution is 6.35. The Morgan fingerprint density at radius 2 is 1.84 bits per heavy atom. The van der Waals surface area contributed by atoms with Gasteiger partial charge in [0.2, 0.25) is 0 Å². The first-order valence-electron chi connectivity index (χ1n) is 6.85. The highest BCUT2D eigenvalue weighted by Gasteiger charge is 2.20. The molecule has 2 unspecified atom stereocenters. The molecule has 0 saturated carbocycles. The van der Waals surface area contributed by atoms with E-state index in [1.165, 1.54) is 6.42 Å². The molecule has 1 aromatic rings. The quantitative estimate of drug-likeness (QED) is 0.734. The molecule has 0 amide bonds. The zero-order valence-corrected chi connectivity index (χ0v) is 14.1. The molecular formula is C16H25Cl2N. The monoisotopic (exact) mass is 301 g/mol. The maximum Gasteiger partial charge on any atom is 0.0468 e. The normalized spacial score (nSPS) is 15.3. The molecule has 19 heavy (non-hydrogen) atoms. The summed E-state index contributed by atoms with van der Waals surface area (Å²) in [4.78, 5) is 0. The average molecular weight is 302 g/mol. The van der Waals surface area contributed by atoms with Crippen molar-refractivity contribution in [3.63, 3.8) is 0 Å². The van der Waals surface area contributed by atoms with Gasteiger partial charge in [-0.1, -0.05) is 57.0 Å². The van der Waals surface area contributed by atoms with Crippen molar-refractivity contribution in [1.82, 2.24) is 5.32 Å². The van der Waals surface area contributed by atoms with Crippen molar-refractivity contribution >= 4 is 23.2 Å². The lowest BCUT2D eigenvalue weighted by molar-refractivity contribution is 0.279. The maximum absolute atomic E-state index is 6.30. The van der Waals surface area contributed by atoms with Crippen molar-refractivity contribution in [2.45, 2.75) is 46.6 Å². The van der Waals surface area contributed by atoms with Gasteiger partial charge in [0.25, 0.3) is 0 Å². The fourth-order valence-corrected chi connectivity index (χ4v) is 3.26. The van der Waals surface area contributed by atoms with Crippen molar-refractivity contribution < 1.29 is 0 Å². The van der Waals surface area contributed by atoms with E-state index >= 15 is 0 Å². The van der Waals surface area contributed by atoms with Gasteiger partial charge in [-0.25, -0.2) is 0 Å². The zero-order chi connectivity index (χ0) is 14.6. The van der Waals surface area contributed by atoms with Gasteiger partial charge in [-0.2, -0.15) is 0 Å². The van der Waals surface area contributed by atoms with Crippen molar-refractivity contribution in [1.29, 1.82) is 0 Å². The molecule has 1 aromatic carbocycles. The molecule has 0 fully saturated rings. The lowest BCUT2D eigenvalue weighted by Gasteiger charge is -2.27. The molecule has 0 aliphatic rings. The van der Waals surface area contributed by atoms with Crippen LogP contribution in [0, 0.1) is 11.3 Å². The van der Waals surface area contributed by atoms with Crippen molar-refractivity contribution in [3.05, 3.63) is 33.8 Å². The first-order valence-corrected chi connectivity index (χ1v) is 7.60. The summed E-state index contributed by atoms with van der Waals surface area (Å²) in [6.45, 7) is 9.16. The van der Waals surface area contributed by atoms with Gasteiger partial charge in [0.1, 0.15) is 0 Å². The van der Waals surface area contributed by atoms with Crippen LogP contribution in [0.4, 0.5) is 0 Å². The van der Waals surface area contributed by atoms with E-state index in [2.05, 4.69) is 33.0 Å². The van der Waals surface area contributed by atoms with Crippen LogP contribution < -0.4 is 5.32 Å². The third-order valence-electron chi connectivity index (χ3n) is 3.29. The van der Waals surface area contributed by atoms with Crippen LogP contribution in [0.15, 0.2) is 18.2 Å². The van der Waals surface area contributed by atoms with Crippen LogP contribution in [0.3, 0.4) is 0 Å². The number of nitrogens with one attached hydrogen (secondary N) is 1. The molecular weight excluding hydrogens is 277 g/mol. The number of hydrogen-bond donors (Lipinski definition) is 1. The summed E-state index contributed by atoms with van der Waals surface area (Å²) in [5, 5.41) is 4.80. The summed E-state index contributed by atoms with van der Waals surface area (Å²) in [7, 11) is 1.99. The summed E-state index contributed by atoms with van der Waals surface area (Å²) in [6, 6.07) is 6.02. The smallest absolute Gasteiger partial charge is 0.0468 e. The van der Waals surface area contributed by atoms with Gasteiger partial charge >= 0.3 is 0 Å². The van der Waals surface area contributed by atoms with Gasteiger partial charge in [0.15, 0.2) is 0 Å². The molecule has 1 nitrogen and oxygen atoms in total. The minimum absolute atomic E-state index is 0.280. The van der Waals surface area contributed by atoms with Crippen LogP contribution in [0.1, 0.15) is 52.1 Å². The van der Waals surface area contributed by atoms with Gasteiger partial charge in [-0.3, -0.25) is 0 Å². The predicted octanol–water partition coefficient (Wildman–Crippen LogP) is 5.72. The maximum atomic E-state index is 6.30. The van der Waals surface area contributed by atoms with Gasteiger partial charge in [-0.05, 0) is 48.9 Å². The van der Waals surface area contributed by atoms with E-state index in [-0.39, 0.29) is 6.04 Å². The van der Waals surface area contributed by atoms with E-state index in [1.54, 1.807) is 0 Å². The van der Waals surface area contributed by atoms with Crippen LogP contribution in [0.25, 0.3) is 0 Å². The third-order valence-corrected chi connectivity index (χ3v) is 3.85. The molecule has 0 radical (unpaired) electrons. The molecule has 1 N–H and O–H groups in total. The second kappa shape index (κ2) is 6.97. The molecule has 108 valence electrons. The Labute approximate surface area is 127 Å². The Hall–Kier alpha value is -0.240. The summed E-state index contributed by atoms with van der Waals surface area (Å²) in [5.41, 5.74) is 1.50. The molecule has 0 heterocycles. The van der Waals surface area contributed by atoms with E-state index in [0.717, 1.165) is 17.0 Å². The van der Waals surface area contributed by atoms with Gasteiger partial charge in [-0.15, -0.1) is 0 Å². The van der Waals surface area contributed by atoms with Gasteiger partial charge < -0.3 is 5.32 Å². The van der Waals surface area contributed by atoms with Crippen LogP contribution in [-0.4, -0.2) is 7.05 Å². The lowest BCUT2D eigenvalue weighted by Crippen LogP contribution is -2.21. The molecule has 0 aliphatic carbocycles. The predicted molar refractivity (Wildman–Crippen MR) is 86.1 cm³/mol. The lowest BCUT2D eigenvalue weighted by atomic mass is 9.82. The molecule has 0 spiro atoms. The van der Waals surface area contributed by atoms with E-state index < -0.39 is 0 Å². The van der Waals surface area contributed by atoms with Gasteiger partial charge in [0.05, 0.1) is 0 Å². The zero-order valence-electron chi connectivity index (χ0n) is 12.6. The summed E-state index contributed by atoms with van der Waals surface area (Å²) >= 11 is 12.2. The van der Waals surface area contributed by atoms with Crippen molar-refractivity contribution in [2.24, 2.45) is 11.3 Å². The molecule has 3 heteroatoms. The van der Waals surface area contributed by atoms with E-state index in [1.807, 2.05) is 25.2 Å². The van der Waals surface area contributed by atoms with Crippen LogP contribution in [0.2, 0.25) is 10.0 Å². The average Bonchev–Trinajstić information content (AvgIpc) is 2.24. The molecule has 0 aliphatic heterocycles. The Kier molecular flexibility index (Phi) is 6.16.